The molecule has 2 rings (SSSR count). The van der Waals surface area contributed by atoms with E-state index < -0.39 is 0 Å². The van der Waals surface area contributed by atoms with Crippen LogP contribution in [0.25, 0.3) is 0 Å². The van der Waals surface area contributed by atoms with E-state index >= 15 is 0 Å². The van der Waals surface area contributed by atoms with Crippen molar-refractivity contribution in [2.24, 2.45) is 0 Å². The van der Waals surface area contributed by atoms with Crippen LogP contribution in [-0.4, -0.2) is 34.7 Å². The van der Waals surface area contributed by atoms with Crippen LogP contribution in [0.5, 0.6) is 5.75 Å². The number of amides is 1. The molecule has 0 saturated heterocycles. The lowest BCUT2D eigenvalue weighted by molar-refractivity contribution is 0.0746. The predicted octanol–water partition coefficient (Wildman–Crippen LogP) is 1.66. The summed E-state index contributed by atoms with van der Waals surface area (Å²) in [5.74, 6) is 0.992. The maximum Gasteiger partial charge on any atom is 0.272 e. The monoisotopic (exact) mass is 274 g/mol. The van der Waals surface area contributed by atoms with Crippen LogP contribution in [0, 0.1) is 0 Å². The van der Waals surface area contributed by atoms with Gasteiger partial charge in [-0.1, -0.05) is 12.1 Å². The number of rotatable bonds is 5. The first kappa shape index (κ1) is 13.9. The molecule has 2 aromatic rings. The van der Waals surface area contributed by atoms with E-state index in [1.54, 1.807) is 18.1 Å². The van der Waals surface area contributed by atoms with Crippen molar-refractivity contribution in [3.05, 3.63) is 41.6 Å². The van der Waals surface area contributed by atoms with E-state index in [-0.39, 0.29) is 5.91 Å². The molecule has 1 aromatic heterocycles. The zero-order valence-corrected chi connectivity index (χ0v) is 11.6. The van der Waals surface area contributed by atoms with E-state index in [1.165, 1.54) is 0 Å². The molecule has 0 spiro atoms. The lowest BCUT2D eigenvalue weighted by atomic mass is 10.2. The summed E-state index contributed by atoms with van der Waals surface area (Å²) in [5.41, 5.74) is 6.95. The van der Waals surface area contributed by atoms with Crippen molar-refractivity contribution in [1.29, 1.82) is 0 Å². The molecular formula is C14H18N4O2. The van der Waals surface area contributed by atoms with Gasteiger partial charge in [-0.25, -0.2) is 0 Å². The van der Waals surface area contributed by atoms with Crippen molar-refractivity contribution in [1.82, 2.24) is 15.1 Å². The van der Waals surface area contributed by atoms with Crippen molar-refractivity contribution < 1.29 is 9.53 Å². The normalized spacial score (nSPS) is 10.3. The number of hydrogen-bond acceptors (Lipinski definition) is 4. The summed E-state index contributed by atoms with van der Waals surface area (Å²) in [4.78, 5) is 14.0. The third-order valence-electron chi connectivity index (χ3n) is 3.03. The fourth-order valence-corrected chi connectivity index (χ4v) is 1.90. The molecule has 106 valence electrons. The van der Waals surface area contributed by atoms with Gasteiger partial charge in [-0.05, 0) is 24.6 Å². The molecule has 1 aromatic carbocycles. The number of hydrogen-bond donors (Lipinski definition) is 2. The zero-order chi connectivity index (χ0) is 14.5. The van der Waals surface area contributed by atoms with Gasteiger partial charge in [0.1, 0.15) is 17.3 Å². The topological polar surface area (TPSA) is 84.2 Å². The molecule has 0 atom stereocenters. The Morgan fingerprint density at radius 3 is 2.60 bits per heavy atom. The van der Waals surface area contributed by atoms with Gasteiger partial charge in [-0.15, -0.1) is 0 Å². The van der Waals surface area contributed by atoms with E-state index in [2.05, 4.69) is 10.2 Å². The Hall–Kier alpha value is -2.50. The van der Waals surface area contributed by atoms with Gasteiger partial charge in [0, 0.05) is 19.2 Å². The van der Waals surface area contributed by atoms with Crippen molar-refractivity contribution in [3.63, 3.8) is 0 Å². The first-order valence-electron chi connectivity index (χ1n) is 6.37. The number of aromatic amines is 1. The molecule has 0 aliphatic carbocycles. The average molecular weight is 274 g/mol. The van der Waals surface area contributed by atoms with Gasteiger partial charge in [-0.3, -0.25) is 9.89 Å². The number of carbonyl (C=O) groups is 1. The highest BCUT2D eigenvalue weighted by Crippen LogP contribution is 2.14. The number of anilines is 1. The summed E-state index contributed by atoms with van der Waals surface area (Å²) >= 11 is 0. The third-order valence-corrected chi connectivity index (χ3v) is 3.03. The molecule has 0 saturated carbocycles. The summed E-state index contributed by atoms with van der Waals surface area (Å²) in [6.07, 6.45) is 0. The minimum atomic E-state index is -0.118. The van der Waals surface area contributed by atoms with Crippen LogP contribution < -0.4 is 10.5 Å². The molecule has 20 heavy (non-hydrogen) atoms. The molecule has 3 N–H and O–H groups in total. The minimum Gasteiger partial charge on any atom is -0.497 e. The van der Waals surface area contributed by atoms with Crippen molar-refractivity contribution in [2.45, 2.75) is 13.5 Å². The molecule has 6 heteroatoms. The second-order valence-electron chi connectivity index (χ2n) is 4.37. The molecule has 0 fully saturated rings. The van der Waals surface area contributed by atoms with Gasteiger partial charge < -0.3 is 15.4 Å². The van der Waals surface area contributed by atoms with Gasteiger partial charge in [0.15, 0.2) is 0 Å². The highest BCUT2D eigenvalue weighted by molar-refractivity contribution is 5.92. The molecule has 0 bridgehead atoms. The maximum absolute atomic E-state index is 12.3. The number of nitrogen functional groups attached to an aromatic ring is 1. The van der Waals surface area contributed by atoms with Crippen LogP contribution in [-0.2, 0) is 6.54 Å². The van der Waals surface area contributed by atoms with Crippen LogP contribution in [0.15, 0.2) is 30.3 Å². The Labute approximate surface area is 117 Å². The van der Waals surface area contributed by atoms with E-state index in [9.17, 15) is 4.79 Å². The van der Waals surface area contributed by atoms with Crippen LogP contribution in [0.2, 0.25) is 0 Å². The summed E-state index contributed by atoms with van der Waals surface area (Å²) in [6.45, 7) is 3.06. The Morgan fingerprint density at radius 2 is 2.10 bits per heavy atom. The maximum atomic E-state index is 12.3. The quantitative estimate of drug-likeness (QED) is 0.868. The smallest absolute Gasteiger partial charge is 0.272 e. The first-order chi connectivity index (χ1) is 9.63. The van der Waals surface area contributed by atoms with Gasteiger partial charge >= 0.3 is 0 Å². The van der Waals surface area contributed by atoms with Gasteiger partial charge in [0.05, 0.1) is 7.11 Å². The lowest BCUT2D eigenvalue weighted by Gasteiger charge is -2.20. The number of benzene rings is 1. The number of methoxy groups -OCH3 is 1. The zero-order valence-electron chi connectivity index (χ0n) is 11.6. The van der Waals surface area contributed by atoms with Crippen molar-refractivity contribution >= 4 is 11.7 Å². The van der Waals surface area contributed by atoms with Gasteiger partial charge in [-0.2, -0.15) is 5.10 Å². The highest BCUT2D eigenvalue weighted by atomic mass is 16.5. The molecule has 1 heterocycles. The molecule has 0 unspecified atom stereocenters. The number of ether oxygens (including phenoxy) is 1. The molecule has 0 radical (unpaired) electrons. The second kappa shape index (κ2) is 6.10. The highest BCUT2D eigenvalue weighted by Gasteiger charge is 2.16. The molecule has 6 nitrogen and oxygen atoms in total. The fraction of sp³-hybridized carbons (Fsp3) is 0.286. The summed E-state index contributed by atoms with van der Waals surface area (Å²) in [6, 6.07) is 9.18. The number of nitrogens with two attached hydrogens (primary N) is 1. The summed E-state index contributed by atoms with van der Waals surface area (Å²) in [7, 11) is 1.62. The lowest BCUT2D eigenvalue weighted by Crippen LogP contribution is -2.30. The largest absolute Gasteiger partial charge is 0.497 e. The molecular weight excluding hydrogens is 256 g/mol. The number of aromatic nitrogens is 2. The van der Waals surface area contributed by atoms with Crippen LogP contribution in [0.4, 0.5) is 5.82 Å². The van der Waals surface area contributed by atoms with Gasteiger partial charge in [0.2, 0.25) is 0 Å². The Morgan fingerprint density at radius 1 is 1.40 bits per heavy atom. The van der Waals surface area contributed by atoms with Crippen molar-refractivity contribution in [2.75, 3.05) is 19.4 Å². The molecule has 1 amide bonds. The van der Waals surface area contributed by atoms with Crippen molar-refractivity contribution in [3.8, 4) is 5.75 Å². The van der Waals surface area contributed by atoms with E-state index in [0.717, 1.165) is 11.3 Å². The van der Waals surface area contributed by atoms with Crippen LogP contribution in [0.1, 0.15) is 23.0 Å². The summed E-state index contributed by atoms with van der Waals surface area (Å²) < 4.78 is 5.11. The fourth-order valence-electron chi connectivity index (χ4n) is 1.90. The standard InChI is InChI=1S/C14H18N4O2/c1-3-18(14(19)12-8-13(15)17-16-12)9-10-4-6-11(20-2)7-5-10/h4-8H,3,9H2,1-2H3,(H3,15,16,17). The van der Waals surface area contributed by atoms with Gasteiger partial charge in [0.25, 0.3) is 5.91 Å². The SMILES string of the molecule is CCN(Cc1ccc(OC)cc1)C(=O)c1cc(N)n[nH]1. The number of carbonyl (C=O) groups excluding carboxylic acids is 1. The third kappa shape index (κ3) is 3.09. The summed E-state index contributed by atoms with van der Waals surface area (Å²) in [5, 5.41) is 6.41. The Balaban J connectivity index is 2.09. The number of nitrogens with zero attached hydrogens (tertiary/aromatic N) is 2. The van der Waals surface area contributed by atoms with Crippen LogP contribution >= 0.6 is 0 Å². The van der Waals surface area contributed by atoms with E-state index in [1.807, 2.05) is 31.2 Å². The molecule has 0 aliphatic heterocycles. The Bertz CT molecular complexity index is 577. The average Bonchev–Trinajstić information content (AvgIpc) is 2.91. The minimum absolute atomic E-state index is 0.118. The van der Waals surface area contributed by atoms with Crippen LogP contribution in [0.3, 0.4) is 0 Å². The molecule has 0 aliphatic rings. The number of nitrogens with one attached hydrogen (secondary N) is 1. The number of H-pyrrole nitrogens is 1. The predicted molar refractivity (Wildman–Crippen MR) is 76.4 cm³/mol. The van der Waals surface area contributed by atoms with E-state index in [4.69, 9.17) is 10.5 Å². The first-order valence-corrected chi connectivity index (χ1v) is 6.37. The second-order valence-corrected chi connectivity index (χ2v) is 4.37. The van der Waals surface area contributed by atoms with E-state index in [0.29, 0.717) is 24.6 Å². The Kier molecular flexibility index (Phi) is 4.24.